The third-order valence-electron chi connectivity index (χ3n) is 2.41. The van der Waals surface area contributed by atoms with Crippen molar-refractivity contribution in [2.75, 3.05) is 12.5 Å². The number of aliphatic hydroxyl groups excluding tert-OH is 1. The topological polar surface area (TPSA) is 83.5 Å². The van der Waals surface area contributed by atoms with Gasteiger partial charge >= 0.3 is 0 Å². The highest BCUT2D eigenvalue weighted by Crippen LogP contribution is 2.14. The fourth-order valence-electron chi connectivity index (χ4n) is 1.35. The van der Waals surface area contributed by atoms with Gasteiger partial charge in [0.1, 0.15) is 0 Å². The van der Waals surface area contributed by atoms with Gasteiger partial charge in [0.25, 0.3) is 0 Å². The molecule has 0 spiro atoms. The minimum absolute atomic E-state index is 0.0279. The highest BCUT2D eigenvalue weighted by molar-refractivity contribution is 7.89. The van der Waals surface area contributed by atoms with Crippen LogP contribution in [0.2, 0.25) is 0 Å². The summed E-state index contributed by atoms with van der Waals surface area (Å²) in [6, 6.07) is 5.47. The minimum Gasteiger partial charge on any atom is -0.394 e. The first-order valence-corrected chi connectivity index (χ1v) is 7.58. The maximum Gasteiger partial charge on any atom is 0.241 e. The number of hydrogen-bond acceptors (Lipinski definition) is 4. The third kappa shape index (κ3) is 4.28. The van der Waals surface area contributed by atoms with Crippen molar-refractivity contribution in [2.45, 2.75) is 24.3 Å². The zero-order valence-electron chi connectivity index (χ0n) is 10.7. The Kier molecular flexibility index (Phi) is 5.09. The van der Waals surface area contributed by atoms with Crippen LogP contribution >= 0.6 is 11.6 Å². The molecule has 19 heavy (non-hydrogen) atoms. The van der Waals surface area contributed by atoms with Crippen LogP contribution in [0.5, 0.6) is 0 Å². The van der Waals surface area contributed by atoms with Crippen LogP contribution in [0.3, 0.4) is 0 Å². The first kappa shape index (κ1) is 16.1. The number of nitrogens with one attached hydrogen (secondary N) is 1. The Morgan fingerprint density at radius 3 is 2.26 bits per heavy atom. The van der Waals surface area contributed by atoms with Crippen molar-refractivity contribution in [3.8, 4) is 0 Å². The number of rotatable bonds is 6. The SMILES string of the molecule is CC(C)(CO)NS(=O)(=O)c1ccc(C(=O)CCl)cc1. The van der Waals surface area contributed by atoms with E-state index in [0.717, 1.165) is 0 Å². The highest BCUT2D eigenvalue weighted by atomic mass is 35.5. The van der Waals surface area contributed by atoms with Crippen LogP contribution in [0, 0.1) is 0 Å². The summed E-state index contributed by atoms with van der Waals surface area (Å²) >= 11 is 5.41. The van der Waals surface area contributed by atoms with Gasteiger partial charge in [0, 0.05) is 5.56 Å². The molecule has 0 amide bonds. The number of halogens is 1. The minimum atomic E-state index is -3.73. The van der Waals surface area contributed by atoms with E-state index in [4.69, 9.17) is 16.7 Å². The first-order chi connectivity index (χ1) is 8.72. The smallest absolute Gasteiger partial charge is 0.241 e. The molecule has 1 aromatic rings. The van der Waals surface area contributed by atoms with Crippen LogP contribution in [0.4, 0.5) is 0 Å². The van der Waals surface area contributed by atoms with Crippen molar-refractivity contribution in [3.05, 3.63) is 29.8 Å². The molecule has 0 bridgehead atoms. The maximum absolute atomic E-state index is 12.0. The van der Waals surface area contributed by atoms with Crippen LogP contribution in [0.25, 0.3) is 0 Å². The summed E-state index contributed by atoms with van der Waals surface area (Å²) in [5.74, 6) is -0.420. The molecule has 0 radical (unpaired) electrons. The summed E-state index contributed by atoms with van der Waals surface area (Å²) in [7, 11) is -3.73. The molecule has 0 atom stereocenters. The predicted octanol–water partition coefficient (Wildman–Crippen LogP) is 1.16. The average molecular weight is 306 g/mol. The van der Waals surface area contributed by atoms with Crippen molar-refractivity contribution >= 4 is 27.4 Å². The van der Waals surface area contributed by atoms with Crippen molar-refractivity contribution < 1.29 is 18.3 Å². The summed E-state index contributed by atoms with van der Waals surface area (Å²) in [4.78, 5) is 11.3. The molecule has 1 aromatic carbocycles. The largest absolute Gasteiger partial charge is 0.394 e. The lowest BCUT2D eigenvalue weighted by molar-refractivity contribution is 0.102. The van der Waals surface area contributed by atoms with Crippen LogP contribution in [-0.2, 0) is 10.0 Å². The molecule has 7 heteroatoms. The van der Waals surface area contributed by atoms with E-state index in [2.05, 4.69) is 4.72 Å². The van der Waals surface area contributed by atoms with E-state index in [0.29, 0.717) is 5.56 Å². The van der Waals surface area contributed by atoms with Gasteiger partial charge in [-0.05, 0) is 26.0 Å². The van der Waals surface area contributed by atoms with E-state index in [1.165, 1.54) is 24.3 Å². The molecule has 1 rings (SSSR count). The van der Waals surface area contributed by atoms with E-state index < -0.39 is 15.6 Å². The van der Waals surface area contributed by atoms with Crippen molar-refractivity contribution in [1.29, 1.82) is 0 Å². The van der Waals surface area contributed by atoms with E-state index in [9.17, 15) is 13.2 Å². The van der Waals surface area contributed by atoms with Gasteiger partial charge in [-0.25, -0.2) is 13.1 Å². The molecular weight excluding hydrogens is 290 g/mol. The summed E-state index contributed by atoms with van der Waals surface area (Å²) in [6.45, 7) is 2.81. The van der Waals surface area contributed by atoms with E-state index in [1.807, 2.05) is 0 Å². The van der Waals surface area contributed by atoms with Gasteiger partial charge in [-0.3, -0.25) is 4.79 Å². The number of aliphatic hydroxyl groups is 1. The summed E-state index contributed by atoms with van der Waals surface area (Å²) in [6.07, 6.45) is 0. The van der Waals surface area contributed by atoms with Gasteiger partial charge < -0.3 is 5.11 Å². The van der Waals surface area contributed by atoms with Crippen molar-refractivity contribution in [1.82, 2.24) is 4.72 Å². The molecular formula is C12H16ClNO4S. The third-order valence-corrected chi connectivity index (χ3v) is 4.37. The van der Waals surface area contributed by atoms with Gasteiger partial charge in [-0.15, -0.1) is 11.6 Å². The number of sulfonamides is 1. The van der Waals surface area contributed by atoms with Crippen LogP contribution in [-0.4, -0.2) is 37.3 Å². The Morgan fingerprint density at radius 1 is 1.32 bits per heavy atom. The molecule has 0 saturated carbocycles. The first-order valence-electron chi connectivity index (χ1n) is 5.56. The Morgan fingerprint density at radius 2 is 1.84 bits per heavy atom. The zero-order valence-corrected chi connectivity index (χ0v) is 12.3. The van der Waals surface area contributed by atoms with Crippen LogP contribution in [0.15, 0.2) is 29.2 Å². The van der Waals surface area contributed by atoms with E-state index >= 15 is 0 Å². The number of Topliss-reactive ketones (excluding diaryl/α,β-unsaturated/α-hetero) is 1. The van der Waals surface area contributed by atoms with Gasteiger partial charge in [0.15, 0.2) is 5.78 Å². The molecule has 106 valence electrons. The van der Waals surface area contributed by atoms with Crippen LogP contribution < -0.4 is 4.72 Å². The van der Waals surface area contributed by atoms with E-state index in [-0.39, 0.29) is 23.2 Å². The fourth-order valence-corrected chi connectivity index (χ4v) is 2.91. The summed E-state index contributed by atoms with van der Waals surface area (Å²) < 4.78 is 26.4. The van der Waals surface area contributed by atoms with Crippen molar-refractivity contribution in [3.63, 3.8) is 0 Å². The zero-order chi connectivity index (χ0) is 14.7. The number of benzene rings is 1. The molecule has 0 aromatic heterocycles. The molecule has 0 fully saturated rings. The molecule has 0 unspecified atom stereocenters. The van der Waals surface area contributed by atoms with Crippen LogP contribution in [0.1, 0.15) is 24.2 Å². The Hall–Kier alpha value is -0.950. The van der Waals surface area contributed by atoms with E-state index in [1.54, 1.807) is 13.8 Å². The molecule has 0 heterocycles. The second kappa shape index (κ2) is 6.00. The highest BCUT2D eigenvalue weighted by Gasteiger charge is 2.25. The van der Waals surface area contributed by atoms with Crippen molar-refractivity contribution in [2.24, 2.45) is 0 Å². The van der Waals surface area contributed by atoms with Gasteiger partial charge in [-0.2, -0.15) is 0 Å². The summed E-state index contributed by atoms with van der Waals surface area (Å²) in [5.41, 5.74) is -0.598. The number of carbonyl (C=O) groups is 1. The molecule has 2 N–H and O–H groups in total. The lowest BCUT2D eigenvalue weighted by atomic mass is 10.1. The summed E-state index contributed by atoms with van der Waals surface area (Å²) in [5, 5.41) is 9.07. The number of hydrogen-bond donors (Lipinski definition) is 2. The van der Waals surface area contributed by atoms with Gasteiger partial charge in [0.2, 0.25) is 10.0 Å². The quantitative estimate of drug-likeness (QED) is 0.610. The Labute approximate surface area is 117 Å². The second-order valence-electron chi connectivity index (χ2n) is 4.73. The van der Waals surface area contributed by atoms with Gasteiger partial charge in [0.05, 0.1) is 22.9 Å². The lowest BCUT2D eigenvalue weighted by Crippen LogP contribution is -2.46. The number of carbonyl (C=O) groups excluding carboxylic acids is 1. The molecule has 0 aliphatic heterocycles. The monoisotopic (exact) mass is 305 g/mol. The molecule has 5 nitrogen and oxygen atoms in total. The molecule has 0 aliphatic rings. The Balaban J connectivity index is 3.01. The molecule has 0 aliphatic carbocycles. The Bertz CT molecular complexity index is 552. The predicted molar refractivity (Wildman–Crippen MR) is 73.0 cm³/mol. The number of alkyl halides is 1. The number of ketones is 1. The maximum atomic E-state index is 12.0. The fraction of sp³-hybridized carbons (Fsp3) is 0.417. The standard InChI is InChI=1S/C12H16ClNO4S/c1-12(2,8-15)14-19(17,18)10-5-3-9(4-6-10)11(16)7-13/h3-6,14-15H,7-8H2,1-2H3. The molecule has 0 saturated heterocycles. The average Bonchev–Trinajstić information content (AvgIpc) is 2.37. The lowest BCUT2D eigenvalue weighted by Gasteiger charge is -2.23. The normalized spacial score (nSPS) is 12.4. The second-order valence-corrected chi connectivity index (χ2v) is 6.68. The van der Waals surface area contributed by atoms with Gasteiger partial charge in [-0.1, -0.05) is 12.1 Å².